The first kappa shape index (κ1) is 15.4. The van der Waals surface area contributed by atoms with Gasteiger partial charge in [0.2, 0.25) is 5.91 Å². The molecule has 2 rings (SSSR count). The lowest BCUT2D eigenvalue weighted by atomic mass is 10.0. The Kier molecular flexibility index (Phi) is 5.28. The van der Waals surface area contributed by atoms with Gasteiger partial charge in [0.05, 0.1) is 5.75 Å². The fourth-order valence-corrected chi connectivity index (χ4v) is 2.69. The van der Waals surface area contributed by atoms with Gasteiger partial charge in [-0.15, -0.1) is 11.8 Å². The van der Waals surface area contributed by atoms with Gasteiger partial charge in [-0.05, 0) is 41.8 Å². The van der Waals surface area contributed by atoms with Crippen LogP contribution in [0.25, 0.3) is 0 Å². The highest BCUT2D eigenvalue weighted by Crippen LogP contribution is 2.25. The Hall–Kier alpha value is -1.94. The summed E-state index contributed by atoms with van der Waals surface area (Å²) >= 11 is 1.45. The number of hydrogen-bond acceptors (Lipinski definition) is 3. The maximum atomic E-state index is 12.0. The zero-order valence-corrected chi connectivity index (χ0v) is 13.0. The second-order valence-electron chi connectivity index (χ2n) is 5.07. The van der Waals surface area contributed by atoms with Crippen molar-refractivity contribution in [3.63, 3.8) is 0 Å². The van der Waals surface area contributed by atoms with Crippen LogP contribution in [0, 0.1) is 0 Å². The van der Waals surface area contributed by atoms with Gasteiger partial charge in [-0.1, -0.05) is 32.0 Å². The Labute approximate surface area is 129 Å². The van der Waals surface area contributed by atoms with Gasteiger partial charge < -0.3 is 10.4 Å². The summed E-state index contributed by atoms with van der Waals surface area (Å²) in [4.78, 5) is 13.0. The second-order valence-corrected chi connectivity index (χ2v) is 6.12. The molecule has 0 aliphatic carbocycles. The van der Waals surface area contributed by atoms with E-state index in [9.17, 15) is 9.90 Å². The van der Waals surface area contributed by atoms with Gasteiger partial charge in [-0.3, -0.25) is 4.79 Å². The van der Waals surface area contributed by atoms with Crippen LogP contribution in [0.5, 0.6) is 5.75 Å². The van der Waals surface area contributed by atoms with Crippen molar-refractivity contribution in [1.29, 1.82) is 0 Å². The quantitative estimate of drug-likeness (QED) is 0.812. The number of rotatable bonds is 5. The lowest BCUT2D eigenvalue weighted by molar-refractivity contribution is -0.113. The fraction of sp³-hybridized carbons (Fsp3) is 0.235. The minimum absolute atomic E-state index is 0.0267. The Morgan fingerprint density at radius 1 is 1.14 bits per heavy atom. The number of aromatic hydroxyl groups is 1. The van der Waals surface area contributed by atoms with Gasteiger partial charge in [0.1, 0.15) is 5.75 Å². The number of nitrogens with one attached hydrogen (secondary N) is 1. The van der Waals surface area contributed by atoms with E-state index >= 15 is 0 Å². The fourth-order valence-electron chi connectivity index (χ4n) is 1.99. The third kappa shape index (κ3) is 4.53. The van der Waals surface area contributed by atoms with Gasteiger partial charge in [0, 0.05) is 10.6 Å². The van der Waals surface area contributed by atoms with Crippen molar-refractivity contribution in [2.75, 3.05) is 11.1 Å². The number of carbonyl (C=O) groups is 1. The van der Waals surface area contributed by atoms with E-state index in [0.29, 0.717) is 11.7 Å². The molecule has 0 saturated carbocycles. The van der Waals surface area contributed by atoms with Gasteiger partial charge in [0.15, 0.2) is 0 Å². The average molecular weight is 301 g/mol. The summed E-state index contributed by atoms with van der Waals surface area (Å²) in [5.74, 6) is 0.916. The third-order valence-electron chi connectivity index (χ3n) is 3.06. The highest BCUT2D eigenvalue weighted by Gasteiger charge is 2.09. The second kappa shape index (κ2) is 7.18. The normalized spacial score (nSPS) is 10.6. The van der Waals surface area contributed by atoms with Crippen LogP contribution in [-0.4, -0.2) is 16.8 Å². The van der Waals surface area contributed by atoms with Crippen molar-refractivity contribution in [1.82, 2.24) is 0 Å². The standard InChI is InChI=1S/C17H19NO2S/c1-12(2)15-5-3-4-6-16(15)18-17(20)11-21-14-9-7-13(19)8-10-14/h3-10,12,19H,11H2,1-2H3,(H,18,20). The molecule has 110 valence electrons. The Morgan fingerprint density at radius 2 is 1.81 bits per heavy atom. The van der Waals surface area contributed by atoms with Crippen molar-refractivity contribution in [2.45, 2.75) is 24.7 Å². The van der Waals surface area contributed by atoms with Crippen LogP contribution < -0.4 is 5.32 Å². The summed E-state index contributed by atoms with van der Waals surface area (Å²) < 4.78 is 0. The molecule has 0 aliphatic heterocycles. The van der Waals surface area contributed by atoms with E-state index < -0.39 is 0 Å². The first-order chi connectivity index (χ1) is 10.1. The number of thioether (sulfide) groups is 1. The summed E-state index contributed by atoms with van der Waals surface area (Å²) in [7, 11) is 0. The predicted octanol–water partition coefficient (Wildman–Crippen LogP) is 4.25. The summed E-state index contributed by atoms with van der Waals surface area (Å²) in [6.07, 6.45) is 0. The third-order valence-corrected chi connectivity index (χ3v) is 4.08. The first-order valence-corrected chi connectivity index (χ1v) is 7.85. The Bertz CT molecular complexity index is 608. The molecular formula is C17H19NO2S. The minimum Gasteiger partial charge on any atom is -0.508 e. The topological polar surface area (TPSA) is 49.3 Å². The summed E-state index contributed by atoms with van der Waals surface area (Å²) in [6.45, 7) is 4.21. The molecule has 2 aromatic rings. The zero-order chi connectivity index (χ0) is 15.2. The molecule has 0 heterocycles. The predicted molar refractivity (Wildman–Crippen MR) is 88.0 cm³/mol. The number of phenols is 1. The van der Waals surface area contributed by atoms with Gasteiger partial charge in [0.25, 0.3) is 0 Å². The molecule has 0 aromatic heterocycles. The van der Waals surface area contributed by atoms with Crippen molar-refractivity contribution in [2.24, 2.45) is 0 Å². The molecule has 0 radical (unpaired) electrons. The molecule has 2 N–H and O–H groups in total. The van der Waals surface area contributed by atoms with Crippen molar-refractivity contribution in [3.05, 3.63) is 54.1 Å². The summed E-state index contributed by atoms with van der Waals surface area (Å²) in [5.41, 5.74) is 2.02. The summed E-state index contributed by atoms with van der Waals surface area (Å²) in [6, 6.07) is 14.7. The highest BCUT2D eigenvalue weighted by atomic mass is 32.2. The number of carbonyl (C=O) groups excluding carboxylic acids is 1. The van der Waals surface area contributed by atoms with Crippen LogP contribution in [0.4, 0.5) is 5.69 Å². The lowest BCUT2D eigenvalue weighted by Gasteiger charge is -2.13. The first-order valence-electron chi connectivity index (χ1n) is 6.87. The lowest BCUT2D eigenvalue weighted by Crippen LogP contribution is -2.15. The Morgan fingerprint density at radius 3 is 2.48 bits per heavy atom. The minimum atomic E-state index is -0.0267. The monoisotopic (exact) mass is 301 g/mol. The maximum Gasteiger partial charge on any atom is 0.234 e. The van der Waals surface area contributed by atoms with E-state index in [2.05, 4.69) is 19.2 Å². The number of amides is 1. The van der Waals surface area contributed by atoms with Crippen LogP contribution in [0.1, 0.15) is 25.3 Å². The molecule has 0 spiro atoms. The molecular weight excluding hydrogens is 282 g/mol. The average Bonchev–Trinajstić information content (AvgIpc) is 2.47. The van der Waals surface area contributed by atoms with Crippen molar-refractivity contribution >= 4 is 23.4 Å². The van der Waals surface area contributed by atoms with E-state index in [4.69, 9.17) is 0 Å². The molecule has 0 aliphatic rings. The molecule has 21 heavy (non-hydrogen) atoms. The van der Waals surface area contributed by atoms with Gasteiger partial charge in [-0.2, -0.15) is 0 Å². The number of hydrogen-bond donors (Lipinski definition) is 2. The van der Waals surface area contributed by atoms with Crippen LogP contribution in [-0.2, 0) is 4.79 Å². The molecule has 0 atom stereocenters. The van der Waals surface area contributed by atoms with Crippen LogP contribution >= 0.6 is 11.8 Å². The molecule has 0 bridgehead atoms. The van der Waals surface area contributed by atoms with E-state index in [1.807, 2.05) is 24.3 Å². The number of benzene rings is 2. The van der Waals surface area contributed by atoms with Crippen molar-refractivity contribution in [3.8, 4) is 5.75 Å². The van der Waals surface area contributed by atoms with Crippen LogP contribution in [0.3, 0.4) is 0 Å². The van der Waals surface area contributed by atoms with E-state index in [1.54, 1.807) is 24.3 Å². The molecule has 0 saturated heterocycles. The smallest absolute Gasteiger partial charge is 0.234 e. The van der Waals surface area contributed by atoms with Crippen molar-refractivity contribution < 1.29 is 9.90 Å². The number of anilines is 1. The molecule has 0 unspecified atom stereocenters. The molecule has 1 amide bonds. The SMILES string of the molecule is CC(C)c1ccccc1NC(=O)CSc1ccc(O)cc1. The molecule has 3 nitrogen and oxygen atoms in total. The maximum absolute atomic E-state index is 12.0. The zero-order valence-electron chi connectivity index (χ0n) is 12.2. The van der Waals surface area contributed by atoms with E-state index in [0.717, 1.165) is 16.1 Å². The molecule has 2 aromatic carbocycles. The van der Waals surface area contributed by atoms with E-state index in [-0.39, 0.29) is 11.7 Å². The highest BCUT2D eigenvalue weighted by molar-refractivity contribution is 8.00. The van der Waals surface area contributed by atoms with Gasteiger partial charge in [-0.25, -0.2) is 0 Å². The number of phenolic OH excluding ortho intramolecular Hbond substituents is 1. The number of para-hydroxylation sites is 1. The summed E-state index contributed by atoms with van der Waals surface area (Å²) in [5, 5.41) is 12.2. The Balaban J connectivity index is 1.94. The van der Waals surface area contributed by atoms with Gasteiger partial charge >= 0.3 is 0 Å². The van der Waals surface area contributed by atoms with E-state index in [1.165, 1.54) is 11.8 Å². The van der Waals surface area contributed by atoms with Crippen LogP contribution in [0.2, 0.25) is 0 Å². The van der Waals surface area contributed by atoms with Crippen LogP contribution in [0.15, 0.2) is 53.4 Å². The molecule has 4 heteroatoms. The largest absolute Gasteiger partial charge is 0.508 e. The molecule has 0 fully saturated rings.